The predicted octanol–water partition coefficient (Wildman–Crippen LogP) is 4.75. The first-order valence-electron chi connectivity index (χ1n) is 7.69. The first-order chi connectivity index (χ1) is 11.2. The number of anilines is 2. The van der Waals surface area contributed by atoms with Gasteiger partial charge in [0.15, 0.2) is 0 Å². The molecule has 0 fully saturated rings. The third-order valence-corrected chi connectivity index (χ3v) is 4.39. The van der Waals surface area contributed by atoms with Crippen molar-refractivity contribution >= 4 is 39.5 Å². The molecule has 3 aromatic rings. The summed E-state index contributed by atoms with van der Waals surface area (Å²) in [6, 6.07) is 17.9. The lowest BCUT2D eigenvalue weighted by atomic mass is 9.93. The van der Waals surface area contributed by atoms with Crippen molar-refractivity contribution in [1.29, 1.82) is 0 Å². The first kappa shape index (κ1) is 15.4. The number of aromatic nitrogens is 1. The third kappa shape index (κ3) is 3.17. The second-order valence-corrected chi connectivity index (χ2v) is 5.89. The van der Waals surface area contributed by atoms with E-state index in [-0.39, 0.29) is 5.92 Å². The smallest absolute Gasteiger partial charge is 0.0873 e. The molecule has 1 unspecified atom stereocenters. The van der Waals surface area contributed by atoms with Crippen molar-refractivity contribution in [3.8, 4) is 0 Å². The van der Waals surface area contributed by atoms with E-state index in [0.29, 0.717) is 5.69 Å². The average molecular weight is 321 g/mol. The number of para-hydroxylation sites is 3. The van der Waals surface area contributed by atoms with Gasteiger partial charge in [-0.15, -0.1) is 0 Å². The molecule has 0 radical (unpaired) electrons. The molecule has 116 valence electrons. The minimum Gasteiger partial charge on any atom is -0.397 e. The van der Waals surface area contributed by atoms with E-state index in [0.717, 1.165) is 28.0 Å². The van der Waals surface area contributed by atoms with Crippen LogP contribution >= 0.6 is 12.2 Å². The van der Waals surface area contributed by atoms with Crippen molar-refractivity contribution in [1.82, 2.24) is 4.98 Å². The van der Waals surface area contributed by atoms with E-state index in [4.69, 9.17) is 18.0 Å². The number of benzene rings is 2. The van der Waals surface area contributed by atoms with Crippen molar-refractivity contribution in [3.05, 3.63) is 66.4 Å². The van der Waals surface area contributed by atoms with E-state index in [9.17, 15) is 0 Å². The van der Waals surface area contributed by atoms with Gasteiger partial charge in [-0.05, 0) is 36.2 Å². The van der Waals surface area contributed by atoms with Gasteiger partial charge in [-0.1, -0.05) is 49.5 Å². The Hall–Kier alpha value is -2.46. The Morgan fingerprint density at radius 2 is 1.87 bits per heavy atom. The zero-order chi connectivity index (χ0) is 16.2. The molecule has 0 aliphatic carbocycles. The highest BCUT2D eigenvalue weighted by molar-refractivity contribution is 7.80. The van der Waals surface area contributed by atoms with Crippen molar-refractivity contribution in [2.75, 3.05) is 11.1 Å². The highest BCUT2D eigenvalue weighted by Crippen LogP contribution is 2.29. The van der Waals surface area contributed by atoms with Crippen LogP contribution in [0.2, 0.25) is 0 Å². The van der Waals surface area contributed by atoms with E-state index in [1.54, 1.807) is 0 Å². The summed E-state index contributed by atoms with van der Waals surface area (Å²) in [7, 11) is 0. The number of nitrogens with two attached hydrogens (primary N) is 1. The minimum absolute atomic E-state index is 0.123. The molecule has 23 heavy (non-hydrogen) atoms. The van der Waals surface area contributed by atoms with Gasteiger partial charge < -0.3 is 11.1 Å². The molecule has 4 heteroatoms. The van der Waals surface area contributed by atoms with Crippen LogP contribution in [0.4, 0.5) is 11.4 Å². The zero-order valence-electron chi connectivity index (χ0n) is 13.0. The molecule has 0 aliphatic heterocycles. The fourth-order valence-electron chi connectivity index (χ4n) is 2.80. The summed E-state index contributed by atoms with van der Waals surface area (Å²) in [5, 5.41) is 4.46. The molecular formula is C19H19N3S. The highest BCUT2D eigenvalue weighted by atomic mass is 32.1. The number of rotatable bonds is 4. The van der Waals surface area contributed by atoms with Gasteiger partial charge in [0.05, 0.1) is 21.9 Å². The molecule has 1 aromatic heterocycles. The number of pyridine rings is 1. The summed E-state index contributed by atoms with van der Waals surface area (Å²) in [4.78, 5) is 5.21. The number of thiocarbonyl (C=S) groups is 1. The van der Waals surface area contributed by atoms with Crippen LogP contribution < -0.4 is 11.1 Å². The Morgan fingerprint density at radius 1 is 1.13 bits per heavy atom. The van der Waals surface area contributed by atoms with Gasteiger partial charge in [0.1, 0.15) is 0 Å². The lowest BCUT2D eigenvalue weighted by Crippen LogP contribution is -2.19. The number of hydrogen-bond donors (Lipinski definition) is 2. The maximum atomic E-state index is 6.01. The fraction of sp³-hybridized carbons (Fsp3) is 0.158. The Balaban J connectivity index is 1.95. The Morgan fingerprint density at radius 3 is 2.65 bits per heavy atom. The standard InChI is InChI=1S/C19H19N3S/c1-2-13(19(23)22-18-10-6-4-8-16(18)20)14-11-12-21-17-9-5-3-7-15(14)17/h3-13H,2,20H2,1H3,(H,22,23). The van der Waals surface area contributed by atoms with Gasteiger partial charge in [0.2, 0.25) is 0 Å². The maximum Gasteiger partial charge on any atom is 0.0873 e. The van der Waals surface area contributed by atoms with Gasteiger partial charge in [0, 0.05) is 17.5 Å². The summed E-state index contributed by atoms with van der Waals surface area (Å²) in [6.07, 6.45) is 2.76. The van der Waals surface area contributed by atoms with E-state index >= 15 is 0 Å². The lowest BCUT2D eigenvalue weighted by molar-refractivity contribution is 0.858. The van der Waals surface area contributed by atoms with Crippen LogP contribution in [0.3, 0.4) is 0 Å². The van der Waals surface area contributed by atoms with Crippen LogP contribution in [0.1, 0.15) is 24.8 Å². The van der Waals surface area contributed by atoms with Crippen LogP contribution in [0.5, 0.6) is 0 Å². The predicted molar refractivity (Wildman–Crippen MR) is 102 cm³/mol. The van der Waals surface area contributed by atoms with Crippen LogP contribution in [-0.2, 0) is 0 Å². The van der Waals surface area contributed by atoms with E-state index in [2.05, 4.69) is 29.4 Å². The first-order valence-corrected chi connectivity index (χ1v) is 8.10. The molecule has 1 atom stereocenters. The SMILES string of the molecule is CCC(C(=S)Nc1ccccc1N)c1ccnc2ccccc12. The Bertz CT molecular complexity index is 839. The lowest BCUT2D eigenvalue weighted by Gasteiger charge is -2.20. The normalized spacial score (nSPS) is 12.0. The average Bonchev–Trinajstić information content (AvgIpc) is 2.58. The molecule has 0 saturated carbocycles. The summed E-state index contributed by atoms with van der Waals surface area (Å²) in [6.45, 7) is 2.14. The summed E-state index contributed by atoms with van der Waals surface area (Å²) in [5.41, 5.74) is 9.75. The van der Waals surface area contributed by atoms with Crippen molar-refractivity contribution in [2.24, 2.45) is 0 Å². The Kier molecular flexibility index (Phi) is 4.53. The molecule has 3 nitrogen and oxygen atoms in total. The largest absolute Gasteiger partial charge is 0.397 e. The molecule has 0 spiro atoms. The quantitative estimate of drug-likeness (QED) is 0.538. The molecule has 2 aromatic carbocycles. The van der Waals surface area contributed by atoms with Crippen LogP contribution in [0.25, 0.3) is 10.9 Å². The monoisotopic (exact) mass is 321 g/mol. The molecule has 0 amide bonds. The molecule has 1 heterocycles. The van der Waals surface area contributed by atoms with E-state index in [1.807, 2.05) is 48.7 Å². The molecular weight excluding hydrogens is 302 g/mol. The van der Waals surface area contributed by atoms with Gasteiger partial charge in [-0.25, -0.2) is 0 Å². The van der Waals surface area contributed by atoms with Crippen LogP contribution in [0.15, 0.2) is 60.8 Å². The summed E-state index contributed by atoms with van der Waals surface area (Å²) < 4.78 is 0. The van der Waals surface area contributed by atoms with Crippen molar-refractivity contribution in [3.63, 3.8) is 0 Å². The van der Waals surface area contributed by atoms with Crippen LogP contribution in [0, 0.1) is 0 Å². The second kappa shape index (κ2) is 6.75. The number of fused-ring (bicyclic) bond motifs is 1. The highest BCUT2D eigenvalue weighted by Gasteiger charge is 2.18. The molecule has 0 aliphatic rings. The number of hydrogen-bond acceptors (Lipinski definition) is 3. The summed E-state index contributed by atoms with van der Waals surface area (Å²) >= 11 is 5.67. The number of nitrogen functional groups attached to an aromatic ring is 1. The maximum absolute atomic E-state index is 6.01. The van der Waals surface area contributed by atoms with Crippen molar-refractivity contribution in [2.45, 2.75) is 19.3 Å². The topological polar surface area (TPSA) is 50.9 Å². The molecule has 0 saturated heterocycles. The molecule has 3 N–H and O–H groups in total. The molecule has 0 bridgehead atoms. The van der Waals surface area contributed by atoms with Gasteiger partial charge in [-0.3, -0.25) is 4.98 Å². The summed E-state index contributed by atoms with van der Waals surface area (Å²) in [5.74, 6) is 0.123. The molecule has 3 rings (SSSR count). The van der Waals surface area contributed by atoms with Crippen LogP contribution in [-0.4, -0.2) is 9.97 Å². The Labute approximate surface area is 141 Å². The van der Waals surface area contributed by atoms with E-state index < -0.39 is 0 Å². The fourth-order valence-corrected chi connectivity index (χ4v) is 3.20. The minimum atomic E-state index is 0.123. The second-order valence-electron chi connectivity index (χ2n) is 5.45. The third-order valence-electron chi connectivity index (χ3n) is 4.00. The number of nitrogens with zero attached hydrogens (tertiary/aromatic N) is 1. The zero-order valence-corrected chi connectivity index (χ0v) is 13.8. The van der Waals surface area contributed by atoms with E-state index in [1.165, 1.54) is 5.56 Å². The number of nitrogens with one attached hydrogen (secondary N) is 1. The van der Waals surface area contributed by atoms with Gasteiger partial charge >= 0.3 is 0 Å². The van der Waals surface area contributed by atoms with Gasteiger partial charge in [0.25, 0.3) is 0 Å². The van der Waals surface area contributed by atoms with Crippen molar-refractivity contribution < 1.29 is 0 Å². The van der Waals surface area contributed by atoms with Gasteiger partial charge in [-0.2, -0.15) is 0 Å².